The van der Waals surface area contributed by atoms with Crippen molar-refractivity contribution < 1.29 is 19.4 Å². The summed E-state index contributed by atoms with van der Waals surface area (Å²) in [6, 6.07) is 13.6. The highest BCUT2D eigenvalue weighted by atomic mass is 35.5. The maximum atomic E-state index is 12.6. The molecule has 0 fully saturated rings. The molecule has 0 spiro atoms. The number of aliphatic hydroxyl groups excluding tert-OH is 1. The fourth-order valence-electron chi connectivity index (χ4n) is 2.38. The van der Waals surface area contributed by atoms with E-state index in [2.05, 4.69) is 17.6 Å². The Labute approximate surface area is 175 Å². The SMILES string of the molecule is CCCCOc1ccc(C(=O)N/C(=C/c2ccc(Cl)cc2)C(=O)NCCO)cc1. The summed E-state index contributed by atoms with van der Waals surface area (Å²) in [5.74, 6) is -0.237. The third-order valence-electron chi connectivity index (χ3n) is 3.95. The highest BCUT2D eigenvalue weighted by Crippen LogP contribution is 2.15. The van der Waals surface area contributed by atoms with E-state index in [1.54, 1.807) is 54.6 Å². The average molecular weight is 417 g/mol. The van der Waals surface area contributed by atoms with Crippen LogP contribution in [0.3, 0.4) is 0 Å². The summed E-state index contributed by atoms with van der Waals surface area (Å²) < 4.78 is 5.59. The number of ether oxygens (including phenoxy) is 1. The Bertz CT molecular complexity index is 833. The largest absolute Gasteiger partial charge is 0.494 e. The Hall–Kier alpha value is -2.83. The smallest absolute Gasteiger partial charge is 0.267 e. The summed E-state index contributed by atoms with van der Waals surface area (Å²) in [6.07, 6.45) is 3.55. The molecule has 154 valence electrons. The number of carbonyl (C=O) groups is 2. The molecular weight excluding hydrogens is 392 g/mol. The van der Waals surface area contributed by atoms with Gasteiger partial charge in [0.1, 0.15) is 11.4 Å². The minimum Gasteiger partial charge on any atom is -0.494 e. The van der Waals surface area contributed by atoms with Gasteiger partial charge in [0, 0.05) is 17.1 Å². The molecule has 0 heterocycles. The third-order valence-corrected chi connectivity index (χ3v) is 4.21. The lowest BCUT2D eigenvalue weighted by Gasteiger charge is -2.11. The molecule has 0 saturated carbocycles. The highest BCUT2D eigenvalue weighted by molar-refractivity contribution is 6.30. The predicted octanol–water partition coefficient (Wildman–Crippen LogP) is 3.40. The Balaban J connectivity index is 2.13. The van der Waals surface area contributed by atoms with Gasteiger partial charge in [0.25, 0.3) is 11.8 Å². The Kier molecular flexibility index (Phi) is 9.21. The first kappa shape index (κ1) is 22.5. The van der Waals surface area contributed by atoms with Gasteiger partial charge in [-0.3, -0.25) is 9.59 Å². The van der Waals surface area contributed by atoms with Gasteiger partial charge in [-0.05, 0) is 54.5 Å². The van der Waals surface area contributed by atoms with Crippen molar-refractivity contribution in [3.63, 3.8) is 0 Å². The van der Waals surface area contributed by atoms with Crippen molar-refractivity contribution in [2.75, 3.05) is 19.8 Å². The van der Waals surface area contributed by atoms with Crippen LogP contribution in [0.1, 0.15) is 35.7 Å². The van der Waals surface area contributed by atoms with Gasteiger partial charge in [-0.1, -0.05) is 37.1 Å². The molecule has 2 rings (SSSR count). The molecule has 0 aliphatic rings. The normalized spacial score (nSPS) is 11.1. The molecule has 2 aromatic rings. The van der Waals surface area contributed by atoms with Crippen LogP contribution in [0.5, 0.6) is 5.75 Å². The van der Waals surface area contributed by atoms with Gasteiger partial charge in [-0.25, -0.2) is 0 Å². The highest BCUT2D eigenvalue weighted by Gasteiger charge is 2.14. The first-order valence-corrected chi connectivity index (χ1v) is 9.81. The van der Waals surface area contributed by atoms with Crippen LogP contribution in [-0.4, -0.2) is 36.7 Å². The third kappa shape index (κ3) is 7.60. The summed E-state index contributed by atoms with van der Waals surface area (Å²) >= 11 is 5.89. The molecule has 0 radical (unpaired) electrons. The molecule has 0 saturated heterocycles. The van der Waals surface area contributed by atoms with Crippen molar-refractivity contribution in [1.29, 1.82) is 0 Å². The van der Waals surface area contributed by atoms with Gasteiger partial charge in [-0.15, -0.1) is 0 Å². The molecular formula is C22H25ClN2O4. The van der Waals surface area contributed by atoms with E-state index in [0.717, 1.165) is 12.8 Å². The lowest BCUT2D eigenvalue weighted by molar-refractivity contribution is -0.117. The fraction of sp³-hybridized carbons (Fsp3) is 0.273. The number of rotatable bonds is 10. The van der Waals surface area contributed by atoms with E-state index >= 15 is 0 Å². The maximum Gasteiger partial charge on any atom is 0.267 e. The van der Waals surface area contributed by atoms with Gasteiger partial charge in [0.15, 0.2) is 0 Å². The van der Waals surface area contributed by atoms with Crippen LogP contribution >= 0.6 is 11.6 Å². The zero-order chi connectivity index (χ0) is 21.1. The van der Waals surface area contributed by atoms with E-state index in [-0.39, 0.29) is 18.8 Å². The van der Waals surface area contributed by atoms with Gasteiger partial charge < -0.3 is 20.5 Å². The second-order valence-corrected chi connectivity index (χ2v) is 6.71. The van der Waals surface area contributed by atoms with Crippen LogP contribution in [0.4, 0.5) is 0 Å². The first-order chi connectivity index (χ1) is 14.0. The molecule has 29 heavy (non-hydrogen) atoms. The summed E-state index contributed by atoms with van der Waals surface area (Å²) in [5.41, 5.74) is 1.15. The average Bonchev–Trinajstić information content (AvgIpc) is 2.73. The second kappa shape index (κ2) is 11.9. The van der Waals surface area contributed by atoms with Crippen molar-refractivity contribution >= 4 is 29.5 Å². The number of halogens is 1. The van der Waals surface area contributed by atoms with Crippen LogP contribution in [0, 0.1) is 0 Å². The van der Waals surface area contributed by atoms with Crippen molar-refractivity contribution in [2.24, 2.45) is 0 Å². The van der Waals surface area contributed by atoms with Gasteiger partial charge in [0.05, 0.1) is 13.2 Å². The summed E-state index contributed by atoms with van der Waals surface area (Å²) in [4.78, 5) is 25.0. The minimum absolute atomic E-state index is 0.0639. The van der Waals surface area contributed by atoms with Gasteiger partial charge in [0.2, 0.25) is 0 Å². The number of nitrogens with one attached hydrogen (secondary N) is 2. The topological polar surface area (TPSA) is 87.7 Å². The molecule has 0 aromatic heterocycles. The van der Waals surface area contributed by atoms with E-state index in [9.17, 15) is 9.59 Å². The molecule has 2 aromatic carbocycles. The lowest BCUT2D eigenvalue weighted by atomic mass is 10.1. The number of unbranched alkanes of at least 4 members (excludes halogenated alkanes) is 1. The number of hydrogen-bond acceptors (Lipinski definition) is 4. The van der Waals surface area contributed by atoms with Crippen LogP contribution < -0.4 is 15.4 Å². The van der Waals surface area contributed by atoms with Crippen LogP contribution in [0.2, 0.25) is 5.02 Å². The Morgan fingerprint density at radius 2 is 1.79 bits per heavy atom. The molecule has 0 aliphatic carbocycles. The molecule has 6 nitrogen and oxygen atoms in total. The maximum absolute atomic E-state index is 12.6. The predicted molar refractivity (Wildman–Crippen MR) is 114 cm³/mol. The number of benzene rings is 2. The fourth-order valence-corrected chi connectivity index (χ4v) is 2.51. The van der Waals surface area contributed by atoms with Gasteiger partial charge >= 0.3 is 0 Å². The quantitative estimate of drug-likeness (QED) is 0.409. The van der Waals surface area contributed by atoms with Gasteiger partial charge in [-0.2, -0.15) is 0 Å². The number of aliphatic hydroxyl groups is 1. The number of carbonyl (C=O) groups excluding carboxylic acids is 2. The Morgan fingerprint density at radius 3 is 2.41 bits per heavy atom. The molecule has 3 N–H and O–H groups in total. The van der Waals surface area contributed by atoms with Crippen molar-refractivity contribution in [1.82, 2.24) is 10.6 Å². The summed E-state index contributed by atoms with van der Waals surface area (Å²) in [6.45, 7) is 2.59. The van der Waals surface area contributed by atoms with E-state index in [4.69, 9.17) is 21.4 Å². The van der Waals surface area contributed by atoms with Crippen LogP contribution in [0.25, 0.3) is 6.08 Å². The minimum atomic E-state index is -0.498. The van der Waals surface area contributed by atoms with E-state index < -0.39 is 11.8 Å². The molecule has 0 atom stereocenters. The first-order valence-electron chi connectivity index (χ1n) is 9.44. The molecule has 2 amide bonds. The Morgan fingerprint density at radius 1 is 1.10 bits per heavy atom. The standard InChI is InChI=1S/C22H25ClN2O4/c1-2-3-14-29-19-10-6-17(7-11-19)21(27)25-20(22(28)24-12-13-26)15-16-4-8-18(23)9-5-16/h4-11,15,26H,2-3,12-14H2,1H3,(H,24,28)(H,25,27)/b20-15+. The monoisotopic (exact) mass is 416 g/mol. The van der Waals surface area contributed by atoms with Crippen LogP contribution in [-0.2, 0) is 4.79 Å². The van der Waals surface area contributed by atoms with Crippen LogP contribution in [0.15, 0.2) is 54.2 Å². The summed E-state index contributed by atoms with van der Waals surface area (Å²) in [5, 5.41) is 14.7. The number of hydrogen-bond donors (Lipinski definition) is 3. The molecule has 0 unspecified atom stereocenters. The second-order valence-electron chi connectivity index (χ2n) is 6.27. The van der Waals surface area contributed by atoms with Crippen molar-refractivity contribution in [3.05, 3.63) is 70.4 Å². The zero-order valence-corrected chi connectivity index (χ0v) is 17.0. The number of amides is 2. The summed E-state index contributed by atoms with van der Waals surface area (Å²) in [7, 11) is 0. The lowest BCUT2D eigenvalue weighted by Crippen LogP contribution is -2.36. The molecule has 0 bridgehead atoms. The van der Waals surface area contributed by atoms with E-state index in [0.29, 0.717) is 28.5 Å². The zero-order valence-electron chi connectivity index (χ0n) is 16.3. The molecule has 0 aliphatic heterocycles. The van der Waals surface area contributed by atoms with Crippen molar-refractivity contribution in [3.8, 4) is 5.75 Å². The molecule has 7 heteroatoms. The van der Waals surface area contributed by atoms with E-state index in [1.165, 1.54) is 0 Å². The van der Waals surface area contributed by atoms with Crippen molar-refractivity contribution in [2.45, 2.75) is 19.8 Å². The van der Waals surface area contributed by atoms with E-state index in [1.807, 2.05) is 0 Å².